The lowest BCUT2D eigenvalue weighted by molar-refractivity contribution is -0.118. The summed E-state index contributed by atoms with van der Waals surface area (Å²) >= 11 is 0. The van der Waals surface area contributed by atoms with Crippen LogP contribution in [0.2, 0.25) is 0 Å². The number of amides is 1. The fourth-order valence-electron chi connectivity index (χ4n) is 1.63. The van der Waals surface area contributed by atoms with Crippen LogP contribution in [0.1, 0.15) is 38.3 Å². The van der Waals surface area contributed by atoms with Crippen LogP contribution in [0.4, 0.5) is 0 Å². The van der Waals surface area contributed by atoms with Gasteiger partial charge in [-0.1, -0.05) is 16.8 Å². The molecule has 1 heterocycles. The predicted octanol–water partition coefficient (Wildman–Crippen LogP) is 1.02. The predicted molar refractivity (Wildman–Crippen MR) is 66.6 cm³/mol. The third kappa shape index (κ3) is 5.51. The van der Waals surface area contributed by atoms with Crippen molar-refractivity contribution in [3.63, 3.8) is 0 Å². The smallest absolute Gasteiger partial charge is 0.217 e. The number of nitrogens with two attached hydrogens (primary N) is 1. The van der Waals surface area contributed by atoms with E-state index in [0.29, 0.717) is 12.8 Å². The highest BCUT2D eigenvalue weighted by Crippen LogP contribution is 2.04. The zero-order chi connectivity index (χ0) is 13.4. The van der Waals surface area contributed by atoms with Gasteiger partial charge in [-0.3, -0.25) is 9.48 Å². The van der Waals surface area contributed by atoms with Crippen molar-refractivity contribution in [2.75, 3.05) is 0 Å². The Bertz CT molecular complexity index is 391. The van der Waals surface area contributed by atoms with Gasteiger partial charge >= 0.3 is 0 Å². The molecule has 0 bridgehead atoms. The van der Waals surface area contributed by atoms with Gasteiger partial charge in [-0.05, 0) is 19.8 Å². The third-order valence-electron chi connectivity index (χ3n) is 2.58. The van der Waals surface area contributed by atoms with Crippen molar-refractivity contribution in [3.8, 4) is 0 Å². The molecule has 1 unspecified atom stereocenters. The minimum Gasteiger partial charge on any atom is -0.370 e. The van der Waals surface area contributed by atoms with Crippen molar-refractivity contribution in [2.45, 2.75) is 51.6 Å². The molecule has 0 aromatic carbocycles. The SMILES string of the molecule is CC(Cc1cn(CCCCCC(N)=O)nn1)N=O. The molecule has 0 fully saturated rings. The minimum absolute atomic E-state index is 0.256. The number of carbonyl (C=O) groups excluding carboxylic acids is 1. The standard InChI is InChI=1S/C11H19N5O2/c1-9(14-18)7-10-8-16(15-13-10)6-4-2-3-5-11(12)17/h8-9H,2-7H2,1H3,(H2,12,17). The molecular formula is C11H19N5O2. The molecule has 1 aromatic heterocycles. The molecule has 0 saturated carbocycles. The van der Waals surface area contributed by atoms with E-state index in [-0.39, 0.29) is 11.9 Å². The Labute approximate surface area is 106 Å². The van der Waals surface area contributed by atoms with E-state index in [4.69, 9.17) is 5.73 Å². The highest BCUT2D eigenvalue weighted by atomic mass is 16.3. The van der Waals surface area contributed by atoms with Crippen LogP contribution in [0.15, 0.2) is 11.4 Å². The molecule has 18 heavy (non-hydrogen) atoms. The highest BCUT2D eigenvalue weighted by molar-refractivity contribution is 5.73. The summed E-state index contributed by atoms with van der Waals surface area (Å²) in [5, 5.41) is 10.9. The first-order valence-corrected chi connectivity index (χ1v) is 6.11. The van der Waals surface area contributed by atoms with Gasteiger partial charge in [0.15, 0.2) is 0 Å². The van der Waals surface area contributed by atoms with Crippen molar-refractivity contribution in [2.24, 2.45) is 10.9 Å². The Morgan fingerprint density at radius 1 is 1.50 bits per heavy atom. The van der Waals surface area contributed by atoms with Crippen LogP contribution in [0, 0.1) is 4.91 Å². The second-order valence-corrected chi connectivity index (χ2v) is 4.41. The van der Waals surface area contributed by atoms with Gasteiger partial charge in [0.1, 0.15) is 0 Å². The molecule has 7 heteroatoms. The first kappa shape index (κ1) is 14.3. The molecule has 0 spiro atoms. The van der Waals surface area contributed by atoms with Crippen molar-refractivity contribution < 1.29 is 4.79 Å². The van der Waals surface area contributed by atoms with Crippen LogP contribution in [0.5, 0.6) is 0 Å². The van der Waals surface area contributed by atoms with Crippen LogP contribution < -0.4 is 5.73 Å². The maximum absolute atomic E-state index is 10.5. The van der Waals surface area contributed by atoms with Crippen LogP contribution in [-0.2, 0) is 17.8 Å². The molecule has 0 saturated heterocycles. The summed E-state index contributed by atoms with van der Waals surface area (Å²) in [6, 6.07) is -0.272. The number of rotatable bonds is 9. The second-order valence-electron chi connectivity index (χ2n) is 4.41. The van der Waals surface area contributed by atoms with E-state index in [0.717, 1.165) is 31.5 Å². The topological polar surface area (TPSA) is 103 Å². The van der Waals surface area contributed by atoms with E-state index in [2.05, 4.69) is 15.5 Å². The maximum Gasteiger partial charge on any atom is 0.217 e. The number of primary amides is 1. The van der Waals surface area contributed by atoms with Gasteiger partial charge in [-0.15, -0.1) is 5.10 Å². The normalized spacial score (nSPS) is 12.3. The summed E-state index contributed by atoms with van der Waals surface area (Å²) in [5.41, 5.74) is 5.82. The molecule has 0 aliphatic rings. The summed E-state index contributed by atoms with van der Waals surface area (Å²) in [7, 11) is 0. The third-order valence-corrected chi connectivity index (χ3v) is 2.58. The Balaban J connectivity index is 2.22. The van der Waals surface area contributed by atoms with Crippen LogP contribution in [0.3, 0.4) is 0 Å². The number of aryl methyl sites for hydroxylation is 1. The summed E-state index contributed by atoms with van der Waals surface area (Å²) in [6.07, 6.45) is 5.46. The molecule has 0 radical (unpaired) electrons. The van der Waals surface area contributed by atoms with Crippen LogP contribution >= 0.6 is 0 Å². The number of aromatic nitrogens is 3. The lowest BCUT2D eigenvalue weighted by Gasteiger charge is -2.00. The van der Waals surface area contributed by atoms with Crippen LogP contribution in [0.25, 0.3) is 0 Å². The first-order valence-electron chi connectivity index (χ1n) is 6.11. The van der Waals surface area contributed by atoms with E-state index in [9.17, 15) is 9.70 Å². The number of carbonyl (C=O) groups is 1. The molecule has 1 rings (SSSR count). The van der Waals surface area contributed by atoms with Gasteiger partial charge in [0, 0.05) is 25.6 Å². The van der Waals surface area contributed by atoms with Gasteiger partial charge in [0.25, 0.3) is 0 Å². The van der Waals surface area contributed by atoms with E-state index < -0.39 is 0 Å². The Hall–Kier alpha value is -1.79. The van der Waals surface area contributed by atoms with Gasteiger partial charge in [-0.25, -0.2) is 0 Å². The molecule has 0 aliphatic carbocycles. The molecule has 1 atom stereocenters. The average Bonchev–Trinajstić information content (AvgIpc) is 2.75. The fraction of sp³-hybridized carbons (Fsp3) is 0.727. The zero-order valence-electron chi connectivity index (χ0n) is 10.6. The molecule has 2 N–H and O–H groups in total. The Kier molecular flexibility index (Phi) is 5.96. The van der Waals surface area contributed by atoms with Gasteiger partial charge in [-0.2, -0.15) is 4.91 Å². The first-order chi connectivity index (χ1) is 8.61. The van der Waals surface area contributed by atoms with Crippen molar-refractivity contribution >= 4 is 5.91 Å². The maximum atomic E-state index is 10.5. The zero-order valence-corrected chi connectivity index (χ0v) is 10.6. The highest BCUT2D eigenvalue weighted by Gasteiger charge is 2.06. The molecule has 1 amide bonds. The molecule has 0 aliphatic heterocycles. The van der Waals surface area contributed by atoms with E-state index in [1.165, 1.54) is 0 Å². The summed E-state index contributed by atoms with van der Waals surface area (Å²) in [6.45, 7) is 2.50. The van der Waals surface area contributed by atoms with Crippen LogP contribution in [-0.4, -0.2) is 26.9 Å². The minimum atomic E-state index is -0.272. The Morgan fingerprint density at radius 3 is 2.94 bits per heavy atom. The number of hydrogen-bond donors (Lipinski definition) is 1. The number of nitrogens with zero attached hydrogens (tertiary/aromatic N) is 4. The average molecular weight is 253 g/mol. The van der Waals surface area contributed by atoms with E-state index >= 15 is 0 Å². The number of unbranched alkanes of at least 4 members (excludes halogenated alkanes) is 2. The number of hydrogen-bond acceptors (Lipinski definition) is 5. The lowest BCUT2D eigenvalue weighted by atomic mass is 10.2. The van der Waals surface area contributed by atoms with E-state index in [1.807, 2.05) is 6.20 Å². The largest absolute Gasteiger partial charge is 0.370 e. The van der Waals surface area contributed by atoms with Gasteiger partial charge in [0.2, 0.25) is 5.91 Å². The lowest BCUT2D eigenvalue weighted by Crippen LogP contribution is -2.09. The molecule has 7 nitrogen and oxygen atoms in total. The van der Waals surface area contributed by atoms with E-state index in [1.54, 1.807) is 11.6 Å². The number of nitroso groups, excluding NO2 is 1. The Morgan fingerprint density at radius 2 is 2.28 bits per heavy atom. The summed E-state index contributed by atoms with van der Waals surface area (Å²) in [5.74, 6) is -0.256. The van der Waals surface area contributed by atoms with Gasteiger partial charge in [0.05, 0.1) is 11.7 Å². The molecule has 1 aromatic rings. The fourth-order valence-corrected chi connectivity index (χ4v) is 1.63. The quantitative estimate of drug-likeness (QED) is 0.524. The van der Waals surface area contributed by atoms with Gasteiger partial charge < -0.3 is 5.73 Å². The second kappa shape index (κ2) is 7.52. The molecular weight excluding hydrogens is 234 g/mol. The van der Waals surface area contributed by atoms with Crippen molar-refractivity contribution in [1.82, 2.24) is 15.0 Å². The summed E-state index contributed by atoms with van der Waals surface area (Å²) < 4.78 is 1.75. The monoisotopic (exact) mass is 253 g/mol. The van der Waals surface area contributed by atoms with Crippen molar-refractivity contribution in [3.05, 3.63) is 16.8 Å². The molecule has 100 valence electrons. The summed E-state index contributed by atoms with van der Waals surface area (Å²) in [4.78, 5) is 20.8. The van der Waals surface area contributed by atoms with Crippen molar-refractivity contribution in [1.29, 1.82) is 0 Å².